The molecular weight excluding hydrogens is 326 g/mol. The Hall–Kier alpha value is -2.73. The number of pyridine rings is 1. The van der Waals surface area contributed by atoms with Crippen molar-refractivity contribution in [3.63, 3.8) is 0 Å². The monoisotopic (exact) mass is 349 g/mol. The van der Waals surface area contributed by atoms with Gasteiger partial charge in [0.25, 0.3) is 5.91 Å². The third-order valence-corrected chi connectivity index (χ3v) is 4.99. The first kappa shape index (κ1) is 16.7. The van der Waals surface area contributed by atoms with Gasteiger partial charge in [-0.1, -0.05) is 6.07 Å². The molecule has 26 heavy (non-hydrogen) atoms. The molecule has 1 amide bonds. The first-order valence-corrected chi connectivity index (χ1v) is 8.94. The summed E-state index contributed by atoms with van der Waals surface area (Å²) in [6.45, 7) is 0.829. The summed E-state index contributed by atoms with van der Waals surface area (Å²) >= 11 is 0. The predicted octanol–water partition coefficient (Wildman–Crippen LogP) is 2.98. The van der Waals surface area contributed by atoms with E-state index in [1.54, 1.807) is 0 Å². The van der Waals surface area contributed by atoms with Crippen LogP contribution in [0.3, 0.4) is 0 Å². The second-order valence-electron chi connectivity index (χ2n) is 7.29. The van der Waals surface area contributed by atoms with Crippen molar-refractivity contribution in [1.82, 2.24) is 19.7 Å². The minimum absolute atomic E-state index is 0.353. The first-order chi connectivity index (χ1) is 12.5. The Balaban J connectivity index is 1.80. The molecule has 1 saturated carbocycles. The number of carbonyl (C=O) groups excluding carboxylic acids is 1. The molecule has 1 aliphatic carbocycles. The second-order valence-corrected chi connectivity index (χ2v) is 7.29. The van der Waals surface area contributed by atoms with Gasteiger partial charge in [0.2, 0.25) is 0 Å². The summed E-state index contributed by atoms with van der Waals surface area (Å²) < 4.78 is 1.98. The van der Waals surface area contributed by atoms with E-state index >= 15 is 0 Å². The summed E-state index contributed by atoms with van der Waals surface area (Å²) in [5.74, 6) is -0.482. The van der Waals surface area contributed by atoms with E-state index in [2.05, 4.69) is 27.1 Å². The largest absolute Gasteiger partial charge is 0.364 e. The molecule has 1 fully saturated rings. The highest BCUT2D eigenvalue weighted by Gasteiger charge is 2.25. The molecule has 3 aromatic rings. The Morgan fingerprint density at radius 2 is 2.04 bits per heavy atom. The number of nitrogens with two attached hydrogens (primary N) is 1. The van der Waals surface area contributed by atoms with E-state index in [0.29, 0.717) is 11.7 Å². The molecule has 6 heteroatoms. The molecule has 0 saturated heterocycles. The number of carbonyl (C=O) groups is 1. The minimum Gasteiger partial charge on any atom is -0.364 e. The van der Waals surface area contributed by atoms with Gasteiger partial charge >= 0.3 is 0 Å². The van der Waals surface area contributed by atoms with Crippen LogP contribution in [0.2, 0.25) is 0 Å². The number of aromatic nitrogens is 3. The SMILES string of the molecule is CN(C)Cc1cncc(-c2ccc3c(c2)c(C(N)=O)nn3C2CCC2)c1. The van der Waals surface area contributed by atoms with Crippen LogP contribution in [0.15, 0.2) is 36.7 Å². The zero-order valence-corrected chi connectivity index (χ0v) is 15.1. The summed E-state index contributed by atoms with van der Waals surface area (Å²) in [5.41, 5.74) is 10.1. The second kappa shape index (κ2) is 6.53. The van der Waals surface area contributed by atoms with E-state index in [0.717, 1.165) is 47.0 Å². The van der Waals surface area contributed by atoms with E-state index in [4.69, 9.17) is 5.73 Å². The van der Waals surface area contributed by atoms with Gasteiger partial charge in [0.15, 0.2) is 5.69 Å². The molecule has 0 unspecified atom stereocenters. The lowest BCUT2D eigenvalue weighted by Crippen LogP contribution is -2.19. The molecule has 0 aliphatic heterocycles. The summed E-state index contributed by atoms with van der Waals surface area (Å²) in [6, 6.07) is 8.63. The fourth-order valence-electron chi connectivity index (χ4n) is 3.51. The maximum Gasteiger partial charge on any atom is 0.269 e. The molecule has 1 aliphatic rings. The van der Waals surface area contributed by atoms with Gasteiger partial charge in [0, 0.05) is 29.9 Å². The average Bonchev–Trinajstić information content (AvgIpc) is 2.92. The van der Waals surface area contributed by atoms with Gasteiger partial charge in [-0.3, -0.25) is 14.5 Å². The van der Waals surface area contributed by atoms with Crippen LogP contribution in [0.4, 0.5) is 0 Å². The van der Waals surface area contributed by atoms with E-state index < -0.39 is 5.91 Å². The maximum atomic E-state index is 11.9. The fourth-order valence-corrected chi connectivity index (χ4v) is 3.51. The van der Waals surface area contributed by atoms with Crippen LogP contribution in [0, 0.1) is 0 Å². The molecule has 0 spiro atoms. The van der Waals surface area contributed by atoms with Crippen molar-refractivity contribution < 1.29 is 4.79 Å². The maximum absolute atomic E-state index is 11.9. The van der Waals surface area contributed by atoms with Crippen molar-refractivity contribution in [3.05, 3.63) is 47.9 Å². The van der Waals surface area contributed by atoms with Crippen molar-refractivity contribution in [1.29, 1.82) is 0 Å². The topological polar surface area (TPSA) is 77.0 Å². The van der Waals surface area contributed by atoms with Gasteiger partial charge in [-0.25, -0.2) is 0 Å². The molecule has 2 heterocycles. The number of nitrogens with zero attached hydrogens (tertiary/aromatic N) is 4. The predicted molar refractivity (Wildman–Crippen MR) is 102 cm³/mol. The van der Waals surface area contributed by atoms with E-state index in [1.807, 2.05) is 43.3 Å². The molecule has 2 N–H and O–H groups in total. The number of hydrogen-bond acceptors (Lipinski definition) is 4. The van der Waals surface area contributed by atoms with Crippen molar-refractivity contribution in [2.45, 2.75) is 31.8 Å². The molecule has 2 aromatic heterocycles. The standard InChI is InChI=1S/C20H23N5O/c1-24(2)12-13-8-15(11-22-10-13)14-6-7-18-17(9-14)19(20(21)26)23-25(18)16-4-3-5-16/h6-11,16H,3-5,12H2,1-2H3,(H2,21,26). The molecule has 1 aromatic carbocycles. The number of benzene rings is 1. The smallest absolute Gasteiger partial charge is 0.269 e. The zero-order valence-electron chi connectivity index (χ0n) is 15.1. The molecule has 0 bridgehead atoms. The van der Waals surface area contributed by atoms with E-state index in [9.17, 15) is 4.79 Å². The lowest BCUT2D eigenvalue weighted by molar-refractivity contribution is 0.0995. The zero-order chi connectivity index (χ0) is 18.3. The van der Waals surface area contributed by atoms with Gasteiger partial charge < -0.3 is 10.6 Å². The number of rotatable bonds is 5. The summed E-state index contributed by atoms with van der Waals surface area (Å²) in [7, 11) is 4.07. The Kier molecular flexibility index (Phi) is 4.20. The van der Waals surface area contributed by atoms with Gasteiger partial charge in [-0.2, -0.15) is 5.10 Å². The number of amides is 1. The molecule has 4 rings (SSSR count). The van der Waals surface area contributed by atoms with Crippen molar-refractivity contribution in [2.75, 3.05) is 14.1 Å². The van der Waals surface area contributed by atoms with Crippen LogP contribution in [-0.2, 0) is 6.54 Å². The fraction of sp³-hybridized carbons (Fsp3) is 0.350. The van der Waals surface area contributed by atoms with Crippen molar-refractivity contribution >= 4 is 16.8 Å². The Morgan fingerprint density at radius 1 is 1.23 bits per heavy atom. The number of hydrogen-bond donors (Lipinski definition) is 1. The summed E-state index contributed by atoms with van der Waals surface area (Å²) in [5, 5.41) is 5.34. The molecule has 0 radical (unpaired) electrons. The van der Waals surface area contributed by atoms with Gasteiger partial charge in [-0.05, 0) is 62.7 Å². The average molecular weight is 349 g/mol. The van der Waals surface area contributed by atoms with Gasteiger partial charge in [0.05, 0.1) is 11.6 Å². The Labute approximate surface area is 152 Å². The van der Waals surface area contributed by atoms with Gasteiger partial charge in [-0.15, -0.1) is 0 Å². The number of fused-ring (bicyclic) bond motifs is 1. The third kappa shape index (κ3) is 2.97. The van der Waals surface area contributed by atoms with Crippen molar-refractivity contribution in [2.24, 2.45) is 5.73 Å². The van der Waals surface area contributed by atoms with E-state index in [-0.39, 0.29) is 0 Å². The molecule has 0 atom stereocenters. The molecular formula is C20H23N5O. The van der Waals surface area contributed by atoms with Gasteiger partial charge in [0.1, 0.15) is 0 Å². The van der Waals surface area contributed by atoms with Crippen molar-refractivity contribution in [3.8, 4) is 11.1 Å². The molecule has 6 nitrogen and oxygen atoms in total. The first-order valence-electron chi connectivity index (χ1n) is 8.94. The minimum atomic E-state index is -0.482. The number of primary amides is 1. The van der Waals surface area contributed by atoms with Crippen LogP contribution in [0.5, 0.6) is 0 Å². The Morgan fingerprint density at radius 3 is 2.69 bits per heavy atom. The highest BCUT2D eigenvalue weighted by Crippen LogP contribution is 2.35. The highest BCUT2D eigenvalue weighted by molar-refractivity contribution is 6.05. The lowest BCUT2D eigenvalue weighted by atomic mass is 9.93. The Bertz CT molecular complexity index is 971. The van der Waals surface area contributed by atoms with Crippen LogP contribution in [0.1, 0.15) is 41.4 Å². The third-order valence-electron chi connectivity index (χ3n) is 4.99. The quantitative estimate of drug-likeness (QED) is 0.768. The van der Waals surface area contributed by atoms with Crippen LogP contribution in [0.25, 0.3) is 22.0 Å². The van der Waals surface area contributed by atoms with E-state index in [1.165, 1.54) is 6.42 Å². The van der Waals surface area contributed by atoms with Crippen LogP contribution in [-0.4, -0.2) is 39.7 Å². The lowest BCUT2D eigenvalue weighted by Gasteiger charge is -2.26. The molecule has 134 valence electrons. The summed E-state index contributed by atoms with van der Waals surface area (Å²) in [4.78, 5) is 18.4. The van der Waals surface area contributed by atoms with Crippen LogP contribution >= 0.6 is 0 Å². The normalized spacial score (nSPS) is 14.7. The van der Waals surface area contributed by atoms with Crippen LogP contribution < -0.4 is 5.73 Å². The summed E-state index contributed by atoms with van der Waals surface area (Å²) in [6.07, 6.45) is 7.15. The highest BCUT2D eigenvalue weighted by atomic mass is 16.1.